The Morgan fingerprint density at radius 2 is 1.85 bits per heavy atom. The number of fused-ring (bicyclic) bond motifs is 1. The van der Waals surface area contributed by atoms with Crippen LogP contribution in [0.25, 0.3) is 0 Å². The number of allylic oxidation sites excluding steroid dienone is 1. The van der Waals surface area contributed by atoms with E-state index >= 15 is 0 Å². The van der Waals surface area contributed by atoms with Crippen LogP contribution in [0.4, 0.5) is 11.4 Å². The monoisotopic (exact) mass is 350 g/mol. The van der Waals surface area contributed by atoms with Crippen molar-refractivity contribution in [1.29, 1.82) is 0 Å². The molecule has 3 rings (SSSR count). The number of hydrogen-bond acceptors (Lipinski definition) is 3. The van der Waals surface area contributed by atoms with Gasteiger partial charge < -0.3 is 15.0 Å². The maximum absolute atomic E-state index is 13.4. The quantitative estimate of drug-likeness (QED) is 0.821. The number of carbonyl (C=O) groups excluding carboxylic acids is 1. The number of amides is 1. The van der Waals surface area contributed by atoms with Gasteiger partial charge >= 0.3 is 0 Å². The molecule has 26 heavy (non-hydrogen) atoms. The normalized spacial score (nSPS) is 18.9. The van der Waals surface area contributed by atoms with Crippen LogP contribution >= 0.6 is 0 Å². The Hall–Kier alpha value is -2.75. The van der Waals surface area contributed by atoms with Crippen molar-refractivity contribution in [3.8, 4) is 5.75 Å². The predicted octanol–water partition coefficient (Wildman–Crippen LogP) is 4.21. The summed E-state index contributed by atoms with van der Waals surface area (Å²) < 4.78 is 5.74. The Labute approximate surface area is 155 Å². The summed E-state index contributed by atoms with van der Waals surface area (Å²) in [4.78, 5) is 15.4. The van der Waals surface area contributed by atoms with Gasteiger partial charge in [-0.3, -0.25) is 4.79 Å². The number of para-hydroxylation sites is 1. The highest BCUT2D eigenvalue weighted by molar-refractivity contribution is 6.10. The van der Waals surface area contributed by atoms with Gasteiger partial charge in [-0.05, 0) is 17.7 Å². The summed E-state index contributed by atoms with van der Waals surface area (Å²) in [5.74, 6) is 0.637. The van der Waals surface area contributed by atoms with Crippen LogP contribution in [0.3, 0.4) is 0 Å². The van der Waals surface area contributed by atoms with Crippen molar-refractivity contribution in [1.82, 2.24) is 0 Å². The molecule has 2 aromatic rings. The summed E-state index contributed by atoms with van der Waals surface area (Å²) in [6, 6.07) is 13.8. The van der Waals surface area contributed by atoms with Crippen molar-refractivity contribution in [3.05, 3.63) is 66.2 Å². The molecule has 1 amide bonds. The van der Waals surface area contributed by atoms with Crippen LogP contribution in [0.5, 0.6) is 5.75 Å². The number of carbonyl (C=O) groups is 1. The van der Waals surface area contributed by atoms with E-state index in [2.05, 4.69) is 11.9 Å². The largest absolute Gasteiger partial charge is 0.496 e. The smallest absolute Gasteiger partial charge is 0.240 e. The average molecular weight is 350 g/mol. The first kappa shape index (κ1) is 18.1. The molecule has 0 saturated carbocycles. The molecule has 1 aliphatic heterocycles. The molecular weight excluding hydrogens is 324 g/mol. The van der Waals surface area contributed by atoms with Gasteiger partial charge in [-0.15, -0.1) is 6.58 Å². The lowest BCUT2D eigenvalue weighted by Gasteiger charge is -2.42. The third kappa shape index (κ3) is 2.32. The highest BCUT2D eigenvalue weighted by Gasteiger charge is 2.57. The molecule has 4 nitrogen and oxygen atoms in total. The number of anilines is 2. The van der Waals surface area contributed by atoms with Gasteiger partial charge in [-0.2, -0.15) is 0 Å². The topological polar surface area (TPSA) is 41.6 Å². The van der Waals surface area contributed by atoms with Crippen molar-refractivity contribution in [2.75, 3.05) is 31.4 Å². The molecule has 0 bridgehead atoms. The van der Waals surface area contributed by atoms with E-state index < -0.39 is 10.8 Å². The molecule has 1 atom stereocenters. The van der Waals surface area contributed by atoms with E-state index in [9.17, 15) is 4.79 Å². The number of benzene rings is 2. The maximum atomic E-state index is 13.4. The standard InChI is InChI=1S/C22H26N2O2/c1-7-21(2,3)22(16-10-8-9-11-18(16)23-20(22)25)17-13-12-15(24(4)5)14-19(17)26-6/h7-14H,1H2,2-6H3,(H,23,25)/t22-/m0/s1. The SMILES string of the molecule is C=CC(C)(C)[C@@]1(c2ccc(N(C)C)cc2OC)C(=O)Nc2ccccc21. The Bertz CT molecular complexity index is 870. The van der Waals surface area contributed by atoms with Crippen LogP contribution in [0, 0.1) is 5.41 Å². The van der Waals surface area contributed by atoms with Gasteiger partial charge in [0.25, 0.3) is 0 Å². The summed E-state index contributed by atoms with van der Waals surface area (Å²) in [6.45, 7) is 8.11. The second-order valence-electron chi connectivity index (χ2n) is 7.45. The van der Waals surface area contributed by atoms with Crippen molar-refractivity contribution in [3.63, 3.8) is 0 Å². The molecule has 1 aliphatic rings. The van der Waals surface area contributed by atoms with Gasteiger partial charge in [0, 0.05) is 42.5 Å². The van der Waals surface area contributed by atoms with E-state index in [1.165, 1.54) is 0 Å². The molecule has 0 aromatic heterocycles. The van der Waals surface area contributed by atoms with Gasteiger partial charge in [0.15, 0.2) is 0 Å². The van der Waals surface area contributed by atoms with Crippen LogP contribution in [-0.4, -0.2) is 27.1 Å². The molecule has 4 heteroatoms. The Kier molecular flexibility index (Phi) is 4.31. The molecule has 0 aliphatic carbocycles. The zero-order chi connectivity index (χ0) is 19.1. The number of methoxy groups -OCH3 is 1. The van der Waals surface area contributed by atoms with Gasteiger partial charge in [0.05, 0.1) is 7.11 Å². The fraction of sp³-hybridized carbons (Fsp3) is 0.318. The van der Waals surface area contributed by atoms with E-state index in [1.807, 2.05) is 81.4 Å². The van der Waals surface area contributed by atoms with Crippen molar-refractivity contribution < 1.29 is 9.53 Å². The van der Waals surface area contributed by atoms with Crippen molar-refractivity contribution in [2.45, 2.75) is 19.3 Å². The minimum absolute atomic E-state index is 0.0560. The molecule has 0 fully saturated rings. The first-order chi connectivity index (χ1) is 12.3. The zero-order valence-electron chi connectivity index (χ0n) is 16.1. The molecule has 1 N–H and O–H groups in total. The Balaban J connectivity index is 2.39. The Morgan fingerprint density at radius 1 is 1.15 bits per heavy atom. The zero-order valence-corrected chi connectivity index (χ0v) is 16.1. The molecule has 1 heterocycles. The lowest BCUT2D eigenvalue weighted by Crippen LogP contribution is -2.47. The highest BCUT2D eigenvalue weighted by atomic mass is 16.5. The molecule has 2 aromatic carbocycles. The fourth-order valence-corrected chi connectivity index (χ4v) is 3.93. The van der Waals surface area contributed by atoms with Crippen LogP contribution in [0.2, 0.25) is 0 Å². The molecule has 0 radical (unpaired) electrons. The molecule has 0 unspecified atom stereocenters. The number of nitrogens with zero attached hydrogens (tertiary/aromatic N) is 1. The van der Waals surface area contributed by atoms with Gasteiger partial charge in [-0.1, -0.05) is 44.2 Å². The van der Waals surface area contributed by atoms with Crippen LogP contribution in [0.15, 0.2) is 55.1 Å². The van der Waals surface area contributed by atoms with E-state index in [1.54, 1.807) is 7.11 Å². The van der Waals surface area contributed by atoms with Gasteiger partial charge in [-0.25, -0.2) is 0 Å². The number of nitrogens with one attached hydrogen (secondary N) is 1. The van der Waals surface area contributed by atoms with E-state index in [0.29, 0.717) is 5.75 Å². The first-order valence-electron chi connectivity index (χ1n) is 8.70. The minimum Gasteiger partial charge on any atom is -0.496 e. The van der Waals surface area contributed by atoms with Crippen LogP contribution < -0.4 is 15.0 Å². The van der Waals surface area contributed by atoms with Crippen molar-refractivity contribution in [2.24, 2.45) is 5.41 Å². The second-order valence-corrected chi connectivity index (χ2v) is 7.45. The van der Waals surface area contributed by atoms with Gasteiger partial charge in [0.2, 0.25) is 5.91 Å². The summed E-state index contributed by atoms with van der Waals surface area (Å²) in [5, 5.41) is 3.06. The summed E-state index contributed by atoms with van der Waals surface area (Å²) in [7, 11) is 5.61. The third-order valence-corrected chi connectivity index (χ3v) is 5.50. The number of rotatable bonds is 5. The summed E-state index contributed by atoms with van der Waals surface area (Å²) >= 11 is 0. The lowest BCUT2D eigenvalue weighted by atomic mass is 9.58. The Morgan fingerprint density at radius 3 is 2.46 bits per heavy atom. The van der Waals surface area contributed by atoms with Crippen LogP contribution in [-0.2, 0) is 10.2 Å². The molecule has 0 spiro atoms. The third-order valence-electron chi connectivity index (χ3n) is 5.50. The maximum Gasteiger partial charge on any atom is 0.240 e. The van der Waals surface area contributed by atoms with Crippen LogP contribution in [0.1, 0.15) is 25.0 Å². The minimum atomic E-state index is -0.915. The van der Waals surface area contributed by atoms with E-state index in [0.717, 1.165) is 22.5 Å². The number of hydrogen-bond donors (Lipinski definition) is 1. The second kappa shape index (κ2) is 6.20. The molecule has 136 valence electrons. The first-order valence-corrected chi connectivity index (χ1v) is 8.70. The predicted molar refractivity (Wildman–Crippen MR) is 107 cm³/mol. The average Bonchev–Trinajstić information content (AvgIpc) is 2.94. The lowest BCUT2D eigenvalue weighted by molar-refractivity contribution is -0.122. The van der Waals surface area contributed by atoms with E-state index in [4.69, 9.17) is 4.74 Å². The fourth-order valence-electron chi connectivity index (χ4n) is 3.93. The number of ether oxygens (including phenoxy) is 1. The molecule has 0 saturated heterocycles. The summed E-state index contributed by atoms with van der Waals surface area (Å²) in [5.41, 5.74) is 2.21. The highest BCUT2D eigenvalue weighted by Crippen LogP contribution is 2.56. The summed E-state index contributed by atoms with van der Waals surface area (Å²) in [6.07, 6.45) is 1.86. The van der Waals surface area contributed by atoms with Gasteiger partial charge in [0.1, 0.15) is 11.2 Å². The van der Waals surface area contributed by atoms with E-state index in [-0.39, 0.29) is 5.91 Å². The van der Waals surface area contributed by atoms with Crippen molar-refractivity contribution >= 4 is 17.3 Å². The molecular formula is C22H26N2O2.